The fourth-order valence-corrected chi connectivity index (χ4v) is 2.45. The minimum absolute atomic E-state index is 0.0370. The number of rotatable bonds is 4. The Bertz CT molecular complexity index is 648. The number of pyridine rings is 1. The number of esters is 1. The summed E-state index contributed by atoms with van der Waals surface area (Å²) in [4.78, 5) is 16.1. The number of nitrogens with zero attached hydrogens (tertiary/aromatic N) is 2. The molecule has 21 heavy (non-hydrogen) atoms. The summed E-state index contributed by atoms with van der Waals surface area (Å²) in [5.74, 6) is -0.112. The molecule has 0 saturated heterocycles. The monoisotopic (exact) mass is 328 g/mol. The average molecular weight is 329 g/mol. The molecule has 0 aliphatic rings. The first-order valence-corrected chi connectivity index (χ1v) is 7.19. The van der Waals surface area contributed by atoms with Crippen LogP contribution in [0.25, 0.3) is 11.3 Å². The van der Waals surface area contributed by atoms with Gasteiger partial charge < -0.3 is 9.26 Å². The van der Waals surface area contributed by atoms with Crippen LogP contribution in [-0.4, -0.2) is 22.7 Å². The largest absolute Gasteiger partial charge is 0.462 e. The number of aromatic nitrogens is 2. The Balaban J connectivity index is 2.67. The second-order valence-electron chi connectivity index (χ2n) is 4.62. The van der Waals surface area contributed by atoms with Gasteiger partial charge >= 0.3 is 5.97 Å². The van der Waals surface area contributed by atoms with Crippen molar-refractivity contribution in [1.82, 2.24) is 10.1 Å². The van der Waals surface area contributed by atoms with Crippen LogP contribution in [0.5, 0.6) is 0 Å². The molecule has 0 atom stereocenters. The van der Waals surface area contributed by atoms with Gasteiger partial charge in [-0.05, 0) is 6.92 Å². The molecule has 0 saturated carbocycles. The van der Waals surface area contributed by atoms with E-state index in [0.29, 0.717) is 11.3 Å². The summed E-state index contributed by atoms with van der Waals surface area (Å²) >= 11 is 12.3. The lowest BCUT2D eigenvalue weighted by Crippen LogP contribution is -2.08. The third-order valence-electron chi connectivity index (χ3n) is 2.81. The highest BCUT2D eigenvalue weighted by Crippen LogP contribution is 2.38. The molecule has 2 heterocycles. The van der Waals surface area contributed by atoms with Gasteiger partial charge in [0, 0.05) is 23.9 Å². The zero-order chi connectivity index (χ0) is 15.6. The Morgan fingerprint density at radius 1 is 1.33 bits per heavy atom. The summed E-state index contributed by atoms with van der Waals surface area (Å²) in [5, 5.41) is 4.54. The van der Waals surface area contributed by atoms with Gasteiger partial charge in [0.25, 0.3) is 0 Å². The summed E-state index contributed by atoms with van der Waals surface area (Å²) in [6.07, 6.45) is 2.86. The van der Waals surface area contributed by atoms with Crippen molar-refractivity contribution >= 4 is 29.2 Å². The maximum atomic E-state index is 12.2. The fraction of sp³-hybridized carbons (Fsp3) is 0.357. The highest BCUT2D eigenvalue weighted by molar-refractivity contribution is 6.39. The predicted molar refractivity (Wildman–Crippen MR) is 79.8 cm³/mol. The zero-order valence-electron chi connectivity index (χ0n) is 11.8. The van der Waals surface area contributed by atoms with Gasteiger partial charge in [-0.25, -0.2) is 4.79 Å². The van der Waals surface area contributed by atoms with Crippen LogP contribution >= 0.6 is 23.2 Å². The first-order chi connectivity index (χ1) is 9.97. The van der Waals surface area contributed by atoms with Crippen LogP contribution in [0.1, 0.15) is 42.8 Å². The third-order valence-corrected chi connectivity index (χ3v) is 3.39. The van der Waals surface area contributed by atoms with Crippen molar-refractivity contribution in [2.75, 3.05) is 6.61 Å². The Kier molecular flexibility index (Phi) is 4.85. The average Bonchev–Trinajstić information content (AvgIpc) is 2.83. The van der Waals surface area contributed by atoms with Crippen molar-refractivity contribution in [3.8, 4) is 11.3 Å². The molecular weight excluding hydrogens is 315 g/mol. The maximum Gasteiger partial charge on any atom is 0.344 e. The molecule has 0 amide bonds. The van der Waals surface area contributed by atoms with Gasteiger partial charge in [-0.1, -0.05) is 42.2 Å². The van der Waals surface area contributed by atoms with Crippen LogP contribution < -0.4 is 0 Å². The molecule has 0 aromatic carbocycles. The van der Waals surface area contributed by atoms with Crippen LogP contribution in [0, 0.1) is 0 Å². The van der Waals surface area contributed by atoms with Crippen LogP contribution in [0.3, 0.4) is 0 Å². The van der Waals surface area contributed by atoms with E-state index >= 15 is 0 Å². The van der Waals surface area contributed by atoms with Crippen LogP contribution in [-0.2, 0) is 4.74 Å². The van der Waals surface area contributed by atoms with E-state index in [0.717, 1.165) is 0 Å². The molecule has 5 nitrogen and oxygen atoms in total. The Morgan fingerprint density at radius 3 is 2.48 bits per heavy atom. The number of carbonyl (C=O) groups excluding carboxylic acids is 1. The van der Waals surface area contributed by atoms with E-state index in [1.165, 1.54) is 12.4 Å². The molecule has 0 spiro atoms. The Morgan fingerprint density at radius 2 is 1.95 bits per heavy atom. The Labute approximate surface area is 132 Å². The van der Waals surface area contributed by atoms with Crippen molar-refractivity contribution in [3.63, 3.8) is 0 Å². The number of halogens is 2. The van der Waals surface area contributed by atoms with Crippen molar-refractivity contribution in [2.45, 2.75) is 26.7 Å². The molecule has 0 bridgehead atoms. The standard InChI is InChI=1S/C14H14Cl2N2O3/c1-4-20-14(19)11-12(18-21-13(11)7(2)3)10-8(15)5-17-6-9(10)16/h5-7H,4H2,1-3H3. The predicted octanol–water partition coefficient (Wildman–Crippen LogP) is 4.34. The summed E-state index contributed by atoms with van der Waals surface area (Å²) < 4.78 is 10.4. The summed E-state index contributed by atoms with van der Waals surface area (Å²) in [5.41, 5.74) is 0.934. The minimum Gasteiger partial charge on any atom is -0.462 e. The molecule has 0 aliphatic carbocycles. The lowest BCUT2D eigenvalue weighted by molar-refractivity contribution is 0.0524. The molecule has 0 radical (unpaired) electrons. The maximum absolute atomic E-state index is 12.2. The van der Waals surface area contributed by atoms with E-state index in [2.05, 4.69) is 10.1 Å². The molecule has 112 valence electrons. The van der Waals surface area contributed by atoms with E-state index < -0.39 is 5.97 Å². The minimum atomic E-state index is -0.513. The number of hydrogen-bond donors (Lipinski definition) is 0. The first kappa shape index (κ1) is 15.8. The summed E-state index contributed by atoms with van der Waals surface area (Å²) in [7, 11) is 0. The fourth-order valence-electron chi connectivity index (χ4n) is 1.91. The summed E-state index contributed by atoms with van der Waals surface area (Å²) in [6, 6.07) is 0. The van der Waals surface area contributed by atoms with E-state index in [1.54, 1.807) is 6.92 Å². The molecule has 0 fully saturated rings. The lowest BCUT2D eigenvalue weighted by Gasteiger charge is -2.07. The molecular formula is C14H14Cl2N2O3. The van der Waals surface area contributed by atoms with Crippen molar-refractivity contribution < 1.29 is 14.1 Å². The number of hydrogen-bond acceptors (Lipinski definition) is 5. The zero-order valence-corrected chi connectivity index (χ0v) is 13.3. The van der Waals surface area contributed by atoms with Crippen molar-refractivity contribution in [1.29, 1.82) is 0 Å². The molecule has 2 aromatic rings. The van der Waals surface area contributed by atoms with Gasteiger partial charge in [0.1, 0.15) is 11.3 Å². The number of carbonyl (C=O) groups is 1. The highest BCUT2D eigenvalue weighted by Gasteiger charge is 2.29. The molecule has 2 aromatic heterocycles. The third kappa shape index (κ3) is 3.04. The molecule has 0 unspecified atom stereocenters. The SMILES string of the molecule is CCOC(=O)c1c(-c2c(Cl)cncc2Cl)noc1C(C)C. The molecule has 7 heteroatoms. The highest BCUT2D eigenvalue weighted by atomic mass is 35.5. The number of ether oxygens (including phenoxy) is 1. The quantitative estimate of drug-likeness (QED) is 0.781. The van der Waals surface area contributed by atoms with E-state index in [-0.39, 0.29) is 33.8 Å². The van der Waals surface area contributed by atoms with Gasteiger partial charge in [-0.3, -0.25) is 4.98 Å². The molecule has 2 rings (SSSR count). The topological polar surface area (TPSA) is 65.2 Å². The Hall–Kier alpha value is -1.59. The lowest BCUT2D eigenvalue weighted by atomic mass is 10.0. The van der Waals surface area contributed by atoms with Gasteiger partial charge in [0.05, 0.1) is 16.7 Å². The van der Waals surface area contributed by atoms with Gasteiger partial charge in [0.2, 0.25) is 0 Å². The van der Waals surface area contributed by atoms with E-state index in [1.807, 2.05) is 13.8 Å². The van der Waals surface area contributed by atoms with Crippen molar-refractivity contribution in [2.24, 2.45) is 0 Å². The van der Waals surface area contributed by atoms with E-state index in [9.17, 15) is 4.79 Å². The van der Waals surface area contributed by atoms with E-state index in [4.69, 9.17) is 32.5 Å². The second kappa shape index (κ2) is 6.45. The second-order valence-corrected chi connectivity index (χ2v) is 5.44. The first-order valence-electron chi connectivity index (χ1n) is 6.43. The van der Waals surface area contributed by atoms with Crippen LogP contribution in [0.15, 0.2) is 16.9 Å². The van der Waals surface area contributed by atoms with Crippen LogP contribution in [0.4, 0.5) is 0 Å². The normalized spacial score (nSPS) is 11.0. The molecule has 0 N–H and O–H groups in total. The van der Waals surface area contributed by atoms with Gasteiger partial charge in [-0.2, -0.15) is 0 Å². The van der Waals surface area contributed by atoms with Gasteiger partial charge in [0.15, 0.2) is 5.76 Å². The van der Waals surface area contributed by atoms with Gasteiger partial charge in [-0.15, -0.1) is 0 Å². The smallest absolute Gasteiger partial charge is 0.344 e. The summed E-state index contributed by atoms with van der Waals surface area (Å²) in [6.45, 7) is 5.76. The van der Waals surface area contributed by atoms with Crippen LogP contribution in [0.2, 0.25) is 10.0 Å². The van der Waals surface area contributed by atoms with Crippen molar-refractivity contribution in [3.05, 3.63) is 33.8 Å². The molecule has 0 aliphatic heterocycles.